The number of hydrogen-bond donors (Lipinski definition) is 0. The first kappa shape index (κ1) is 18.9. The van der Waals surface area contributed by atoms with Gasteiger partial charge in [-0.25, -0.2) is 0 Å². The SMILES string of the molecule is O=C1C(=CC2=CC=C(N3Cc4[se]c5c(cnc6ncccc65)c4C3)C2)C(=O)c2ccccc21. The Labute approximate surface area is 195 Å². The van der Waals surface area contributed by atoms with Crippen molar-refractivity contribution >= 4 is 46.7 Å². The van der Waals surface area contributed by atoms with Crippen molar-refractivity contribution in [3.05, 3.63) is 105 Å². The van der Waals surface area contributed by atoms with Gasteiger partial charge in [0.25, 0.3) is 0 Å². The molecule has 0 spiro atoms. The van der Waals surface area contributed by atoms with Gasteiger partial charge < -0.3 is 0 Å². The van der Waals surface area contributed by atoms with E-state index in [1.165, 1.54) is 30.7 Å². The van der Waals surface area contributed by atoms with Gasteiger partial charge in [0.1, 0.15) is 0 Å². The summed E-state index contributed by atoms with van der Waals surface area (Å²) in [6, 6.07) is 11.2. The Morgan fingerprint density at radius 1 is 0.909 bits per heavy atom. The number of ketones is 2. The van der Waals surface area contributed by atoms with Gasteiger partial charge in [-0.05, 0) is 0 Å². The van der Waals surface area contributed by atoms with Crippen LogP contribution in [0.4, 0.5) is 0 Å². The van der Waals surface area contributed by atoms with Gasteiger partial charge in [0.15, 0.2) is 0 Å². The molecule has 0 fully saturated rings. The summed E-state index contributed by atoms with van der Waals surface area (Å²) < 4.78 is 2.92. The molecule has 0 radical (unpaired) electrons. The van der Waals surface area contributed by atoms with E-state index in [-0.39, 0.29) is 31.6 Å². The third-order valence-corrected chi connectivity index (χ3v) is 9.33. The summed E-state index contributed by atoms with van der Waals surface area (Å²) in [5.74, 6) is -0.333. The van der Waals surface area contributed by atoms with E-state index in [9.17, 15) is 9.59 Å². The Kier molecular flexibility index (Phi) is 3.98. The fourth-order valence-corrected chi connectivity index (χ4v) is 7.79. The van der Waals surface area contributed by atoms with E-state index in [4.69, 9.17) is 0 Å². The van der Waals surface area contributed by atoms with Crippen LogP contribution < -0.4 is 0 Å². The van der Waals surface area contributed by atoms with Gasteiger partial charge in [0.2, 0.25) is 0 Å². The number of carbonyl (C=O) groups excluding carboxylic acids is 2. The molecular weight excluding hydrogens is 477 g/mol. The van der Waals surface area contributed by atoms with Crippen LogP contribution in [-0.4, -0.2) is 40.9 Å². The maximum absolute atomic E-state index is 12.7. The normalized spacial score (nSPS) is 17.1. The first-order valence-corrected chi connectivity index (χ1v) is 12.6. The third-order valence-electron chi connectivity index (χ3n) is 6.68. The van der Waals surface area contributed by atoms with Crippen LogP contribution in [0.2, 0.25) is 0 Å². The standard InChI is InChI=1S/C27H17N3O2Se/c31-24-17-4-1-2-5-18(17)25(32)20(24)11-15-7-8-16(10-15)30-13-22-21-12-29-27-19(6-3-9-28-27)26(21)33-23(22)14-30/h1-9,11-12H,10,13-14H2. The van der Waals surface area contributed by atoms with Crippen LogP contribution in [0.15, 0.2) is 83.9 Å². The molecule has 0 atom stereocenters. The maximum atomic E-state index is 12.7. The molecule has 1 aliphatic heterocycles. The third kappa shape index (κ3) is 2.78. The molecule has 0 saturated carbocycles. The van der Waals surface area contributed by atoms with Gasteiger partial charge in [0.05, 0.1) is 0 Å². The fourth-order valence-electron chi connectivity index (χ4n) is 5.03. The van der Waals surface area contributed by atoms with Crippen LogP contribution in [0.1, 0.15) is 37.1 Å². The van der Waals surface area contributed by atoms with E-state index in [1.807, 2.05) is 18.3 Å². The summed E-state index contributed by atoms with van der Waals surface area (Å²) in [6.45, 7) is 1.81. The molecule has 0 bridgehead atoms. The number of hydrogen-bond acceptors (Lipinski definition) is 5. The second kappa shape index (κ2) is 6.95. The molecular formula is C27H17N3O2Se. The number of Topliss-reactive ketones (excluding diaryl/α,β-unsaturated/α-hetero) is 2. The second-order valence-corrected chi connectivity index (χ2v) is 10.9. The van der Waals surface area contributed by atoms with Crippen molar-refractivity contribution in [3.8, 4) is 0 Å². The predicted octanol–water partition coefficient (Wildman–Crippen LogP) is 4.38. The molecule has 33 heavy (non-hydrogen) atoms. The monoisotopic (exact) mass is 495 g/mol. The van der Waals surface area contributed by atoms with Crippen LogP contribution in [-0.2, 0) is 13.1 Å². The van der Waals surface area contributed by atoms with E-state index in [0.717, 1.165) is 30.7 Å². The van der Waals surface area contributed by atoms with E-state index in [0.29, 0.717) is 11.1 Å². The zero-order valence-electron chi connectivity index (χ0n) is 17.5. The fraction of sp³-hybridized carbons (Fsp3) is 0.111. The molecule has 0 saturated heterocycles. The molecule has 7 rings (SSSR count). The molecule has 6 heteroatoms. The molecule has 4 aromatic rings. The Bertz CT molecular complexity index is 1600. The number of allylic oxidation sites excluding steroid dienone is 5. The van der Waals surface area contributed by atoms with E-state index < -0.39 is 0 Å². The molecule has 0 N–H and O–H groups in total. The first-order valence-electron chi connectivity index (χ1n) is 10.9. The van der Waals surface area contributed by atoms with Gasteiger partial charge in [-0.15, -0.1) is 0 Å². The number of rotatable bonds is 2. The van der Waals surface area contributed by atoms with Crippen molar-refractivity contribution in [1.82, 2.24) is 14.9 Å². The van der Waals surface area contributed by atoms with Gasteiger partial charge in [-0.1, -0.05) is 0 Å². The number of aromatic nitrogens is 2. The van der Waals surface area contributed by atoms with Gasteiger partial charge >= 0.3 is 196 Å². The van der Waals surface area contributed by atoms with E-state index >= 15 is 0 Å². The minimum absolute atomic E-state index is 0.166. The summed E-state index contributed by atoms with van der Waals surface area (Å²) in [4.78, 5) is 36.8. The average Bonchev–Trinajstić information content (AvgIpc) is 3.59. The van der Waals surface area contributed by atoms with Crippen molar-refractivity contribution in [1.29, 1.82) is 0 Å². The summed E-state index contributed by atoms with van der Waals surface area (Å²) in [7, 11) is 0. The zero-order chi connectivity index (χ0) is 22.1. The van der Waals surface area contributed by atoms with Crippen LogP contribution >= 0.6 is 0 Å². The molecule has 3 aromatic heterocycles. The topological polar surface area (TPSA) is 63.2 Å². The summed E-state index contributed by atoms with van der Waals surface area (Å²) in [5.41, 5.74) is 5.78. The first-order chi connectivity index (χ1) is 16.2. The zero-order valence-corrected chi connectivity index (χ0v) is 19.3. The molecule has 1 aromatic carbocycles. The Balaban J connectivity index is 1.12. The van der Waals surface area contributed by atoms with Crippen molar-refractivity contribution < 1.29 is 9.59 Å². The van der Waals surface area contributed by atoms with Crippen LogP contribution in [0.3, 0.4) is 0 Å². The van der Waals surface area contributed by atoms with Gasteiger partial charge in [0, 0.05) is 0 Å². The second-order valence-electron chi connectivity index (χ2n) is 8.57. The summed E-state index contributed by atoms with van der Waals surface area (Å²) in [5, 5.41) is 2.46. The molecule has 5 nitrogen and oxygen atoms in total. The van der Waals surface area contributed by atoms with Crippen molar-refractivity contribution in [2.75, 3.05) is 0 Å². The number of pyridine rings is 2. The summed E-state index contributed by atoms with van der Waals surface area (Å²) >= 11 is 0.287. The summed E-state index contributed by atoms with van der Waals surface area (Å²) in [6.07, 6.45) is 10.5. The number of nitrogens with zero attached hydrogens (tertiary/aromatic N) is 3. The van der Waals surface area contributed by atoms with Crippen molar-refractivity contribution in [2.24, 2.45) is 0 Å². The molecule has 0 amide bonds. The number of fused-ring (bicyclic) bond motifs is 6. The van der Waals surface area contributed by atoms with Crippen molar-refractivity contribution in [2.45, 2.75) is 19.5 Å². The minimum atomic E-state index is -0.166. The Morgan fingerprint density at radius 2 is 1.73 bits per heavy atom. The molecule has 158 valence electrons. The van der Waals surface area contributed by atoms with Crippen LogP contribution in [0.25, 0.3) is 20.7 Å². The average molecular weight is 494 g/mol. The van der Waals surface area contributed by atoms with Gasteiger partial charge in [-0.2, -0.15) is 0 Å². The molecule has 3 aliphatic rings. The molecule has 4 heterocycles. The molecule has 0 unspecified atom stereocenters. The quantitative estimate of drug-likeness (QED) is 0.235. The number of carbonyl (C=O) groups is 2. The predicted molar refractivity (Wildman–Crippen MR) is 127 cm³/mol. The Morgan fingerprint density at radius 3 is 2.55 bits per heavy atom. The van der Waals surface area contributed by atoms with Crippen LogP contribution in [0.5, 0.6) is 0 Å². The Hall–Kier alpha value is -3.60. The number of benzene rings is 1. The van der Waals surface area contributed by atoms with Crippen molar-refractivity contribution in [3.63, 3.8) is 0 Å². The van der Waals surface area contributed by atoms with E-state index in [2.05, 4.69) is 27.0 Å². The van der Waals surface area contributed by atoms with Gasteiger partial charge in [-0.3, -0.25) is 0 Å². The molecule has 2 aliphatic carbocycles. The van der Waals surface area contributed by atoms with Crippen LogP contribution in [0, 0.1) is 0 Å². The van der Waals surface area contributed by atoms with E-state index in [1.54, 1.807) is 36.5 Å².